The number of hydrogen-bond donors (Lipinski definition) is 1. The summed E-state index contributed by atoms with van der Waals surface area (Å²) >= 11 is 0. The van der Waals surface area contributed by atoms with Crippen LogP contribution in [0, 0.1) is 0 Å². The molecule has 1 aliphatic heterocycles. The molecule has 0 aromatic heterocycles. The Bertz CT molecular complexity index is 438. The summed E-state index contributed by atoms with van der Waals surface area (Å²) in [4.78, 5) is 4.40. The lowest BCUT2D eigenvalue weighted by molar-refractivity contribution is 0.281. The summed E-state index contributed by atoms with van der Waals surface area (Å²) in [6.07, 6.45) is 2.62. The van der Waals surface area contributed by atoms with E-state index >= 15 is 0 Å². The molecule has 0 bridgehead atoms. The van der Waals surface area contributed by atoms with Gasteiger partial charge in [0.15, 0.2) is 6.10 Å². The fraction of sp³-hybridized carbons (Fsp3) is 0.500. The number of nitrogens with zero attached hydrogens (tertiary/aromatic N) is 1. The van der Waals surface area contributed by atoms with Crippen molar-refractivity contribution in [1.82, 2.24) is 5.32 Å². The van der Waals surface area contributed by atoms with Crippen molar-refractivity contribution in [1.29, 1.82) is 0 Å². The number of aliphatic imine (C=N–C) groups is 1. The first-order valence-corrected chi connectivity index (χ1v) is 6.38. The molecule has 0 amide bonds. The van der Waals surface area contributed by atoms with Crippen LogP contribution in [0.3, 0.4) is 0 Å². The smallest absolute Gasteiger partial charge is 0.152 e. The Hall–Kier alpha value is -1.51. The van der Waals surface area contributed by atoms with Gasteiger partial charge in [-0.2, -0.15) is 0 Å². The lowest BCUT2D eigenvalue weighted by Gasteiger charge is -2.17. The van der Waals surface area contributed by atoms with Crippen molar-refractivity contribution in [2.24, 2.45) is 4.99 Å². The Morgan fingerprint density at radius 1 is 1.35 bits per heavy atom. The molecule has 0 unspecified atom stereocenters. The highest BCUT2D eigenvalue weighted by atomic mass is 16.5. The molecule has 1 saturated carbocycles. The van der Waals surface area contributed by atoms with E-state index in [0.717, 1.165) is 30.6 Å². The predicted molar refractivity (Wildman–Crippen MR) is 68.8 cm³/mol. The van der Waals surface area contributed by atoms with Crippen LogP contribution in [0.4, 0.5) is 0 Å². The van der Waals surface area contributed by atoms with Crippen molar-refractivity contribution < 1.29 is 4.74 Å². The molecule has 3 rings (SSSR count). The molecule has 17 heavy (non-hydrogen) atoms. The third kappa shape index (κ3) is 2.28. The normalized spacial score (nSPS) is 20.6. The second-order valence-electron chi connectivity index (χ2n) is 4.77. The molecule has 0 radical (unpaired) electrons. The van der Waals surface area contributed by atoms with Gasteiger partial charge in [-0.25, -0.2) is 0 Å². The van der Waals surface area contributed by atoms with Crippen LogP contribution < -0.4 is 10.1 Å². The maximum atomic E-state index is 6.04. The Morgan fingerprint density at radius 3 is 2.88 bits per heavy atom. The minimum absolute atomic E-state index is 0.0254. The standard InChI is InChI=1S/C14H18N2O/c1-10(14-15-8-9-16-14)17-13-5-3-2-4-12(13)11-6-7-11/h2-5,10-11H,6-9H2,1H3,(H,15,16)/t10-/m1/s1. The van der Waals surface area contributed by atoms with Crippen LogP contribution in [0.2, 0.25) is 0 Å². The molecule has 2 aliphatic rings. The van der Waals surface area contributed by atoms with Gasteiger partial charge in [-0.3, -0.25) is 4.99 Å². The van der Waals surface area contributed by atoms with Crippen LogP contribution in [0.5, 0.6) is 5.75 Å². The Kier molecular flexibility index (Phi) is 2.75. The van der Waals surface area contributed by atoms with Crippen molar-refractivity contribution in [3.05, 3.63) is 29.8 Å². The summed E-state index contributed by atoms with van der Waals surface area (Å²) in [5.74, 6) is 2.73. The fourth-order valence-corrected chi connectivity index (χ4v) is 2.25. The first kappa shape index (κ1) is 10.6. The van der Waals surface area contributed by atoms with E-state index in [-0.39, 0.29) is 6.10 Å². The average molecular weight is 230 g/mol. The van der Waals surface area contributed by atoms with Gasteiger partial charge in [-0.05, 0) is 37.3 Å². The van der Waals surface area contributed by atoms with Gasteiger partial charge in [0.1, 0.15) is 11.6 Å². The molecule has 1 aliphatic carbocycles. The molecule has 3 heteroatoms. The SMILES string of the molecule is C[C@@H](Oc1ccccc1C1CC1)C1=NCCN1. The van der Waals surface area contributed by atoms with Crippen molar-refractivity contribution >= 4 is 5.84 Å². The minimum Gasteiger partial charge on any atom is -0.483 e. The van der Waals surface area contributed by atoms with Crippen LogP contribution >= 0.6 is 0 Å². The maximum absolute atomic E-state index is 6.04. The molecule has 1 aromatic rings. The van der Waals surface area contributed by atoms with Crippen molar-refractivity contribution in [3.8, 4) is 5.75 Å². The molecular formula is C14H18N2O. The Morgan fingerprint density at radius 2 is 2.18 bits per heavy atom. The number of rotatable bonds is 4. The van der Waals surface area contributed by atoms with E-state index in [4.69, 9.17) is 4.74 Å². The number of ether oxygens (including phenoxy) is 1. The van der Waals surface area contributed by atoms with E-state index in [1.807, 2.05) is 6.07 Å². The minimum atomic E-state index is 0.0254. The molecule has 1 aromatic carbocycles. The third-order valence-electron chi connectivity index (χ3n) is 3.33. The quantitative estimate of drug-likeness (QED) is 0.861. The fourth-order valence-electron chi connectivity index (χ4n) is 2.25. The van der Waals surface area contributed by atoms with E-state index in [1.54, 1.807) is 0 Å². The largest absolute Gasteiger partial charge is 0.483 e. The van der Waals surface area contributed by atoms with Crippen molar-refractivity contribution in [3.63, 3.8) is 0 Å². The molecule has 1 heterocycles. The average Bonchev–Trinajstić information content (AvgIpc) is 3.04. The monoisotopic (exact) mass is 230 g/mol. The first-order chi connectivity index (χ1) is 8.34. The summed E-state index contributed by atoms with van der Waals surface area (Å²) in [7, 11) is 0. The maximum Gasteiger partial charge on any atom is 0.152 e. The predicted octanol–water partition coefficient (Wildman–Crippen LogP) is 2.33. The summed E-state index contributed by atoms with van der Waals surface area (Å²) in [6, 6.07) is 8.39. The second-order valence-corrected chi connectivity index (χ2v) is 4.77. The number of nitrogens with one attached hydrogen (secondary N) is 1. The van der Waals surface area contributed by atoms with Crippen LogP contribution in [0.15, 0.2) is 29.3 Å². The highest BCUT2D eigenvalue weighted by Gasteiger charge is 2.27. The zero-order valence-corrected chi connectivity index (χ0v) is 10.1. The molecule has 0 saturated heterocycles. The lowest BCUT2D eigenvalue weighted by Crippen LogP contribution is -2.33. The molecular weight excluding hydrogens is 212 g/mol. The van der Waals surface area contributed by atoms with Gasteiger partial charge in [-0.15, -0.1) is 0 Å². The highest BCUT2D eigenvalue weighted by molar-refractivity contribution is 5.87. The van der Waals surface area contributed by atoms with Gasteiger partial charge in [0.05, 0.1) is 6.54 Å². The Balaban J connectivity index is 1.75. The summed E-state index contributed by atoms with van der Waals surface area (Å²) in [6.45, 7) is 3.86. The van der Waals surface area contributed by atoms with Gasteiger partial charge in [-0.1, -0.05) is 18.2 Å². The van der Waals surface area contributed by atoms with Gasteiger partial charge in [0, 0.05) is 6.54 Å². The van der Waals surface area contributed by atoms with Gasteiger partial charge in [0.2, 0.25) is 0 Å². The van der Waals surface area contributed by atoms with Crippen LogP contribution in [0.1, 0.15) is 31.2 Å². The summed E-state index contributed by atoms with van der Waals surface area (Å²) in [5, 5.41) is 3.27. The second kappa shape index (κ2) is 4.40. The molecule has 1 atom stereocenters. The molecule has 1 N–H and O–H groups in total. The van der Waals surface area contributed by atoms with Crippen LogP contribution in [-0.4, -0.2) is 25.0 Å². The zero-order valence-electron chi connectivity index (χ0n) is 10.1. The van der Waals surface area contributed by atoms with E-state index in [2.05, 4.69) is 35.4 Å². The van der Waals surface area contributed by atoms with Crippen LogP contribution in [-0.2, 0) is 0 Å². The first-order valence-electron chi connectivity index (χ1n) is 6.38. The molecule has 0 spiro atoms. The summed E-state index contributed by atoms with van der Waals surface area (Å²) < 4.78 is 6.04. The molecule has 90 valence electrons. The topological polar surface area (TPSA) is 33.6 Å². The highest BCUT2D eigenvalue weighted by Crippen LogP contribution is 2.44. The van der Waals surface area contributed by atoms with E-state index in [1.165, 1.54) is 18.4 Å². The number of amidine groups is 1. The van der Waals surface area contributed by atoms with E-state index in [9.17, 15) is 0 Å². The van der Waals surface area contributed by atoms with Crippen molar-refractivity contribution in [2.45, 2.75) is 31.8 Å². The van der Waals surface area contributed by atoms with E-state index in [0.29, 0.717) is 0 Å². The third-order valence-corrected chi connectivity index (χ3v) is 3.33. The van der Waals surface area contributed by atoms with Gasteiger partial charge >= 0.3 is 0 Å². The number of hydrogen-bond acceptors (Lipinski definition) is 3. The molecule has 3 nitrogen and oxygen atoms in total. The van der Waals surface area contributed by atoms with Crippen molar-refractivity contribution in [2.75, 3.05) is 13.1 Å². The van der Waals surface area contributed by atoms with Crippen LogP contribution in [0.25, 0.3) is 0 Å². The number of para-hydroxylation sites is 1. The van der Waals surface area contributed by atoms with E-state index < -0.39 is 0 Å². The lowest BCUT2D eigenvalue weighted by atomic mass is 10.1. The number of benzene rings is 1. The Labute approximate surface area is 102 Å². The van der Waals surface area contributed by atoms with Gasteiger partial charge in [0.25, 0.3) is 0 Å². The zero-order chi connectivity index (χ0) is 11.7. The summed E-state index contributed by atoms with van der Waals surface area (Å²) in [5.41, 5.74) is 1.36. The molecule has 1 fully saturated rings. The van der Waals surface area contributed by atoms with Gasteiger partial charge < -0.3 is 10.1 Å².